The zero-order valence-corrected chi connectivity index (χ0v) is 10.3. The predicted molar refractivity (Wildman–Crippen MR) is 64.0 cm³/mol. The number of aliphatic hydroxyl groups excluding tert-OH is 1. The molecule has 3 N–H and O–H groups in total. The largest absolute Gasteiger partial charge is 0.395 e. The molecule has 0 spiro atoms. The summed E-state index contributed by atoms with van der Waals surface area (Å²) in [5, 5.41) is 16.2. The molecule has 15 heavy (non-hydrogen) atoms. The number of rotatable bonds is 6. The fourth-order valence-electron chi connectivity index (χ4n) is 2.27. The van der Waals surface area contributed by atoms with Gasteiger partial charge in [-0.3, -0.25) is 0 Å². The molecule has 0 aromatic rings. The fraction of sp³-hybridized carbons (Fsp3) is 1.00. The van der Waals surface area contributed by atoms with Gasteiger partial charge in [-0.25, -0.2) is 0 Å². The average Bonchev–Trinajstić information content (AvgIpc) is 2.66. The van der Waals surface area contributed by atoms with Crippen LogP contribution in [0.4, 0.5) is 0 Å². The number of hydrogen-bond donors (Lipinski definition) is 3. The fourth-order valence-corrected chi connectivity index (χ4v) is 2.27. The summed E-state index contributed by atoms with van der Waals surface area (Å²) in [7, 11) is 0. The topological polar surface area (TPSA) is 44.3 Å². The van der Waals surface area contributed by atoms with Crippen molar-refractivity contribution in [2.75, 3.05) is 13.2 Å². The Labute approximate surface area is 93.6 Å². The van der Waals surface area contributed by atoms with E-state index in [0.29, 0.717) is 18.0 Å². The van der Waals surface area contributed by atoms with Crippen molar-refractivity contribution in [1.82, 2.24) is 10.6 Å². The van der Waals surface area contributed by atoms with Crippen molar-refractivity contribution in [2.45, 2.75) is 58.2 Å². The van der Waals surface area contributed by atoms with Gasteiger partial charge >= 0.3 is 0 Å². The van der Waals surface area contributed by atoms with Crippen molar-refractivity contribution in [2.24, 2.45) is 5.92 Å². The standard InChI is InChI=1S/C12H26N2O/c1-9(2)12(8-15)14-10(3)7-11-5-4-6-13-11/h9-15H,4-8H2,1-3H3/t10?,11?,12-/m1/s1. The molecule has 0 bridgehead atoms. The third-order valence-electron chi connectivity index (χ3n) is 3.30. The lowest BCUT2D eigenvalue weighted by Crippen LogP contribution is -2.44. The van der Waals surface area contributed by atoms with Crippen molar-refractivity contribution in [3.63, 3.8) is 0 Å². The predicted octanol–water partition coefficient (Wildman–Crippen LogP) is 1.12. The maximum atomic E-state index is 9.23. The summed E-state index contributed by atoms with van der Waals surface area (Å²) < 4.78 is 0. The summed E-state index contributed by atoms with van der Waals surface area (Å²) >= 11 is 0. The first-order valence-corrected chi connectivity index (χ1v) is 6.23. The molecular weight excluding hydrogens is 188 g/mol. The Bertz CT molecular complexity index is 167. The van der Waals surface area contributed by atoms with E-state index < -0.39 is 0 Å². The maximum Gasteiger partial charge on any atom is 0.0587 e. The van der Waals surface area contributed by atoms with E-state index in [4.69, 9.17) is 0 Å². The molecule has 1 saturated heterocycles. The molecule has 0 saturated carbocycles. The van der Waals surface area contributed by atoms with Gasteiger partial charge in [-0.15, -0.1) is 0 Å². The van der Waals surface area contributed by atoms with Crippen molar-refractivity contribution in [1.29, 1.82) is 0 Å². The molecule has 0 radical (unpaired) electrons. The van der Waals surface area contributed by atoms with Crippen LogP contribution in [0.1, 0.15) is 40.0 Å². The highest BCUT2D eigenvalue weighted by Crippen LogP contribution is 2.12. The van der Waals surface area contributed by atoms with E-state index in [2.05, 4.69) is 31.4 Å². The van der Waals surface area contributed by atoms with E-state index >= 15 is 0 Å². The number of nitrogens with one attached hydrogen (secondary N) is 2. The van der Waals surface area contributed by atoms with E-state index in [0.717, 1.165) is 0 Å². The Morgan fingerprint density at radius 1 is 1.40 bits per heavy atom. The van der Waals surface area contributed by atoms with Crippen LogP contribution in [0.2, 0.25) is 0 Å². The lowest BCUT2D eigenvalue weighted by atomic mass is 10.0. The highest BCUT2D eigenvalue weighted by Gasteiger charge is 2.20. The van der Waals surface area contributed by atoms with Crippen molar-refractivity contribution in [3.8, 4) is 0 Å². The van der Waals surface area contributed by atoms with Crippen LogP contribution in [0.15, 0.2) is 0 Å². The molecule has 3 nitrogen and oxygen atoms in total. The molecule has 3 atom stereocenters. The third-order valence-corrected chi connectivity index (χ3v) is 3.30. The van der Waals surface area contributed by atoms with Gasteiger partial charge in [0, 0.05) is 18.1 Å². The van der Waals surface area contributed by atoms with Crippen LogP contribution in [0, 0.1) is 5.92 Å². The highest BCUT2D eigenvalue weighted by molar-refractivity contribution is 4.81. The van der Waals surface area contributed by atoms with Gasteiger partial charge in [0.1, 0.15) is 0 Å². The van der Waals surface area contributed by atoms with Gasteiger partial charge in [-0.05, 0) is 38.6 Å². The molecule has 1 heterocycles. The minimum Gasteiger partial charge on any atom is -0.395 e. The molecular formula is C12H26N2O. The Morgan fingerprint density at radius 3 is 2.60 bits per heavy atom. The van der Waals surface area contributed by atoms with E-state index in [1.807, 2.05) is 0 Å². The van der Waals surface area contributed by atoms with Gasteiger partial charge in [0.05, 0.1) is 6.61 Å². The van der Waals surface area contributed by atoms with Gasteiger partial charge in [0.15, 0.2) is 0 Å². The zero-order chi connectivity index (χ0) is 11.3. The van der Waals surface area contributed by atoms with E-state index in [-0.39, 0.29) is 12.6 Å². The smallest absolute Gasteiger partial charge is 0.0587 e. The quantitative estimate of drug-likeness (QED) is 0.621. The molecule has 90 valence electrons. The van der Waals surface area contributed by atoms with Gasteiger partial charge in [0.2, 0.25) is 0 Å². The molecule has 1 fully saturated rings. The second-order valence-corrected chi connectivity index (χ2v) is 5.13. The molecule has 0 aliphatic carbocycles. The summed E-state index contributed by atoms with van der Waals surface area (Å²) in [4.78, 5) is 0. The Kier molecular flexibility index (Phi) is 5.58. The van der Waals surface area contributed by atoms with E-state index in [9.17, 15) is 5.11 Å². The van der Waals surface area contributed by atoms with Crippen molar-refractivity contribution < 1.29 is 5.11 Å². The molecule has 0 amide bonds. The van der Waals surface area contributed by atoms with E-state index in [1.54, 1.807) is 0 Å². The van der Waals surface area contributed by atoms with Gasteiger partial charge < -0.3 is 15.7 Å². The second kappa shape index (κ2) is 6.46. The molecule has 3 heteroatoms. The summed E-state index contributed by atoms with van der Waals surface area (Å²) in [6.45, 7) is 7.92. The second-order valence-electron chi connectivity index (χ2n) is 5.13. The summed E-state index contributed by atoms with van der Waals surface area (Å²) in [6, 6.07) is 1.40. The Morgan fingerprint density at radius 2 is 2.13 bits per heavy atom. The number of aliphatic hydroxyl groups is 1. The molecule has 2 unspecified atom stereocenters. The summed E-state index contributed by atoms with van der Waals surface area (Å²) in [6.07, 6.45) is 3.78. The van der Waals surface area contributed by atoms with Gasteiger partial charge in [-0.1, -0.05) is 13.8 Å². The first-order valence-electron chi connectivity index (χ1n) is 6.23. The molecule has 0 aromatic heterocycles. The normalized spacial score (nSPS) is 25.8. The molecule has 1 rings (SSSR count). The van der Waals surface area contributed by atoms with Crippen LogP contribution in [-0.4, -0.2) is 36.4 Å². The van der Waals surface area contributed by atoms with Crippen LogP contribution in [0.3, 0.4) is 0 Å². The maximum absolute atomic E-state index is 9.23. The van der Waals surface area contributed by atoms with Crippen molar-refractivity contribution in [3.05, 3.63) is 0 Å². The van der Waals surface area contributed by atoms with Crippen LogP contribution >= 0.6 is 0 Å². The molecule has 0 aromatic carbocycles. The Hall–Kier alpha value is -0.120. The minimum absolute atomic E-state index is 0.236. The first-order chi connectivity index (χ1) is 7.13. The first kappa shape index (κ1) is 12.9. The number of hydrogen-bond acceptors (Lipinski definition) is 3. The summed E-state index contributed by atoms with van der Waals surface area (Å²) in [5.74, 6) is 0.494. The lowest BCUT2D eigenvalue weighted by Gasteiger charge is -2.26. The van der Waals surface area contributed by atoms with E-state index in [1.165, 1.54) is 25.8 Å². The highest BCUT2D eigenvalue weighted by atomic mass is 16.3. The van der Waals surface area contributed by atoms with Gasteiger partial charge in [0.25, 0.3) is 0 Å². The van der Waals surface area contributed by atoms with Crippen LogP contribution in [0.5, 0.6) is 0 Å². The monoisotopic (exact) mass is 214 g/mol. The van der Waals surface area contributed by atoms with Crippen molar-refractivity contribution >= 4 is 0 Å². The SMILES string of the molecule is CC(CC1CCCN1)N[C@H](CO)C(C)C. The third kappa shape index (κ3) is 4.49. The van der Waals surface area contributed by atoms with Crippen LogP contribution < -0.4 is 10.6 Å². The summed E-state index contributed by atoms with van der Waals surface area (Å²) in [5.41, 5.74) is 0. The average molecular weight is 214 g/mol. The van der Waals surface area contributed by atoms with Gasteiger partial charge in [-0.2, -0.15) is 0 Å². The van der Waals surface area contributed by atoms with Crippen LogP contribution in [0.25, 0.3) is 0 Å². The zero-order valence-electron chi connectivity index (χ0n) is 10.3. The Balaban J connectivity index is 2.23. The lowest BCUT2D eigenvalue weighted by molar-refractivity contribution is 0.197. The molecule has 1 aliphatic rings. The minimum atomic E-state index is 0.236. The van der Waals surface area contributed by atoms with Crippen LogP contribution in [-0.2, 0) is 0 Å². The molecule has 1 aliphatic heterocycles.